The summed E-state index contributed by atoms with van der Waals surface area (Å²) in [5.41, 5.74) is 2.34. The van der Waals surface area contributed by atoms with Crippen molar-refractivity contribution in [2.45, 2.75) is 6.54 Å². The van der Waals surface area contributed by atoms with Gasteiger partial charge in [-0.2, -0.15) is 0 Å². The van der Waals surface area contributed by atoms with Crippen molar-refractivity contribution in [1.29, 1.82) is 0 Å². The van der Waals surface area contributed by atoms with Gasteiger partial charge in [0.25, 0.3) is 0 Å². The van der Waals surface area contributed by atoms with E-state index in [0.29, 0.717) is 5.56 Å². The van der Waals surface area contributed by atoms with Gasteiger partial charge in [0.2, 0.25) is 5.91 Å². The van der Waals surface area contributed by atoms with E-state index in [1.807, 2.05) is 59.2 Å². The first-order valence-corrected chi connectivity index (χ1v) is 7.05. The summed E-state index contributed by atoms with van der Waals surface area (Å²) in [7, 11) is 1.75. The van der Waals surface area contributed by atoms with E-state index in [1.54, 1.807) is 18.1 Å². The van der Waals surface area contributed by atoms with Crippen LogP contribution < -0.4 is 4.90 Å². The van der Waals surface area contributed by atoms with Crippen LogP contribution in [-0.4, -0.2) is 23.8 Å². The third kappa shape index (κ3) is 2.51. The number of benzene rings is 2. The molecule has 4 heteroatoms. The Morgan fingerprint density at radius 3 is 2.50 bits per heavy atom. The molecule has 0 saturated carbocycles. The first-order valence-electron chi connectivity index (χ1n) is 7.05. The molecule has 2 aromatic carbocycles. The number of carbonyl (C=O) groups excluding carboxylic acids is 2. The minimum atomic E-state index is -0.0376. The van der Waals surface area contributed by atoms with Crippen LogP contribution in [-0.2, 0) is 11.3 Å². The van der Waals surface area contributed by atoms with Crippen LogP contribution in [0.5, 0.6) is 0 Å². The van der Waals surface area contributed by atoms with Gasteiger partial charge in [-0.1, -0.05) is 36.4 Å². The molecule has 1 amide bonds. The van der Waals surface area contributed by atoms with Crippen LogP contribution in [0.2, 0.25) is 0 Å². The molecule has 0 bridgehead atoms. The number of hydrogen-bond acceptors (Lipinski definition) is 2. The molecule has 1 aromatic heterocycles. The quantitative estimate of drug-likeness (QED) is 0.693. The molecule has 0 radical (unpaired) electrons. The summed E-state index contributed by atoms with van der Waals surface area (Å²) in [5, 5.41) is 0.868. The van der Waals surface area contributed by atoms with Crippen LogP contribution in [0, 0.1) is 0 Å². The molecular weight excluding hydrogens is 276 g/mol. The number of nitrogens with zero attached hydrogens (tertiary/aromatic N) is 2. The Morgan fingerprint density at radius 2 is 1.77 bits per heavy atom. The molecule has 0 unspecified atom stereocenters. The van der Waals surface area contributed by atoms with Gasteiger partial charge in [-0.15, -0.1) is 0 Å². The van der Waals surface area contributed by atoms with Gasteiger partial charge in [-0.3, -0.25) is 9.59 Å². The molecular formula is C18H16N2O2. The van der Waals surface area contributed by atoms with E-state index >= 15 is 0 Å². The van der Waals surface area contributed by atoms with Gasteiger partial charge < -0.3 is 9.47 Å². The number of hydrogen-bond donors (Lipinski definition) is 0. The summed E-state index contributed by atoms with van der Waals surface area (Å²) in [6.07, 6.45) is 2.55. The Morgan fingerprint density at radius 1 is 1.09 bits per heavy atom. The number of rotatable bonds is 4. The summed E-state index contributed by atoms with van der Waals surface area (Å²) < 4.78 is 1.82. The molecule has 110 valence electrons. The van der Waals surface area contributed by atoms with Crippen LogP contribution in [0.4, 0.5) is 5.69 Å². The summed E-state index contributed by atoms with van der Waals surface area (Å²) >= 11 is 0. The summed E-state index contributed by atoms with van der Waals surface area (Å²) in [4.78, 5) is 25.3. The Balaban J connectivity index is 1.90. The van der Waals surface area contributed by atoms with E-state index in [0.717, 1.165) is 22.9 Å². The van der Waals surface area contributed by atoms with Crippen molar-refractivity contribution < 1.29 is 9.59 Å². The fourth-order valence-corrected chi connectivity index (χ4v) is 2.55. The Hall–Kier alpha value is -2.88. The highest BCUT2D eigenvalue weighted by Crippen LogP contribution is 2.20. The van der Waals surface area contributed by atoms with Crippen molar-refractivity contribution in [3.63, 3.8) is 0 Å². The molecule has 4 nitrogen and oxygen atoms in total. The molecule has 0 saturated heterocycles. The zero-order valence-corrected chi connectivity index (χ0v) is 12.3. The van der Waals surface area contributed by atoms with Gasteiger partial charge in [0.1, 0.15) is 6.54 Å². The fourth-order valence-electron chi connectivity index (χ4n) is 2.55. The number of carbonyl (C=O) groups is 2. The largest absolute Gasteiger partial charge is 0.337 e. The van der Waals surface area contributed by atoms with Crippen molar-refractivity contribution in [3.05, 3.63) is 66.4 Å². The van der Waals surface area contributed by atoms with Gasteiger partial charge in [0.05, 0.1) is 0 Å². The minimum absolute atomic E-state index is 0.0376. The van der Waals surface area contributed by atoms with Crippen molar-refractivity contribution in [1.82, 2.24) is 4.57 Å². The van der Waals surface area contributed by atoms with Crippen LogP contribution in [0.25, 0.3) is 10.9 Å². The number of likely N-dealkylation sites (N-methyl/N-ethyl adjacent to an activating group) is 1. The lowest BCUT2D eigenvalue weighted by molar-refractivity contribution is -0.118. The number of aldehydes is 1. The smallest absolute Gasteiger partial charge is 0.246 e. The predicted octanol–water partition coefficient (Wildman–Crippen LogP) is 3.12. The van der Waals surface area contributed by atoms with E-state index in [-0.39, 0.29) is 12.5 Å². The van der Waals surface area contributed by atoms with E-state index in [9.17, 15) is 9.59 Å². The van der Waals surface area contributed by atoms with E-state index in [4.69, 9.17) is 0 Å². The summed E-state index contributed by atoms with van der Waals surface area (Å²) in [6.45, 7) is 0.194. The number of aromatic nitrogens is 1. The third-order valence-electron chi connectivity index (χ3n) is 3.77. The molecule has 1 heterocycles. The van der Waals surface area contributed by atoms with E-state index in [1.165, 1.54) is 0 Å². The molecule has 3 aromatic rings. The first kappa shape index (κ1) is 14.1. The average Bonchev–Trinajstić information content (AvgIpc) is 2.93. The molecule has 0 aliphatic carbocycles. The van der Waals surface area contributed by atoms with Crippen molar-refractivity contribution >= 4 is 28.8 Å². The summed E-state index contributed by atoms with van der Waals surface area (Å²) in [6, 6.07) is 17.1. The molecule has 22 heavy (non-hydrogen) atoms. The molecule has 0 spiro atoms. The van der Waals surface area contributed by atoms with E-state index in [2.05, 4.69) is 0 Å². The molecule has 0 N–H and O–H groups in total. The lowest BCUT2D eigenvalue weighted by atomic mass is 10.2. The van der Waals surface area contributed by atoms with Crippen LogP contribution >= 0.6 is 0 Å². The molecule has 3 rings (SSSR count). The van der Waals surface area contributed by atoms with Crippen LogP contribution in [0.15, 0.2) is 60.8 Å². The number of para-hydroxylation sites is 2. The highest BCUT2D eigenvalue weighted by Gasteiger charge is 2.14. The Labute approximate surface area is 128 Å². The maximum Gasteiger partial charge on any atom is 0.246 e. The maximum absolute atomic E-state index is 12.5. The van der Waals surface area contributed by atoms with E-state index < -0.39 is 0 Å². The highest BCUT2D eigenvalue weighted by atomic mass is 16.2. The SMILES string of the molecule is CN(C(=O)Cn1cc(C=O)c2ccccc21)c1ccccc1. The number of anilines is 1. The standard InChI is InChI=1S/C18H16N2O2/c1-19(15-7-3-2-4-8-15)18(22)12-20-11-14(13-21)16-9-5-6-10-17(16)20/h2-11,13H,12H2,1H3. The predicted molar refractivity (Wildman–Crippen MR) is 87.2 cm³/mol. The van der Waals surface area contributed by atoms with Gasteiger partial charge in [-0.05, 0) is 18.2 Å². The Bertz CT molecular complexity index is 821. The molecule has 0 aliphatic rings. The Kier molecular flexibility index (Phi) is 3.74. The van der Waals surface area contributed by atoms with Crippen molar-refractivity contribution in [2.75, 3.05) is 11.9 Å². The lowest BCUT2D eigenvalue weighted by Gasteiger charge is -2.18. The monoisotopic (exact) mass is 292 g/mol. The molecule has 0 atom stereocenters. The molecule has 0 fully saturated rings. The zero-order chi connectivity index (χ0) is 15.5. The van der Waals surface area contributed by atoms with Gasteiger partial charge >= 0.3 is 0 Å². The maximum atomic E-state index is 12.5. The third-order valence-corrected chi connectivity index (χ3v) is 3.77. The average molecular weight is 292 g/mol. The van der Waals surface area contributed by atoms with Crippen molar-refractivity contribution in [2.24, 2.45) is 0 Å². The minimum Gasteiger partial charge on any atom is -0.337 e. The second-order valence-corrected chi connectivity index (χ2v) is 5.14. The zero-order valence-electron chi connectivity index (χ0n) is 12.3. The lowest BCUT2D eigenvalue weighted by Crippen LogP contribution is -2.29. The normalized spacial score (nSPS) is 10.6. The summed E-state index contributed by atoms with van der Waals surface area (Å²) in [5.74, 6) is -0.0376. The van der Waals surface area contributed by atoms with Crippen LogP contribution in [0.3, 0.4) is 0 Å². The van der Waals surface area contributed by atoms with Gasteiger partial charge in [-0.25, -0.2) is 0 Å². The topological polar surface area (TPSA) is 42.3 Å². The second-order valence-electron chi connectivity index (χ2n) is 5.14. The van der Waals surface area contributed by atoms with Gasteiger partial charge in [0.15, 0.2) is 6.29 Å². The van der Waals surface area contributed by atoms with Crippen molar-refractivity contribution in [3.8, 4) is 0 Å². The highest BCUT2D eigenvalue weighted by molar-refractivity contribution is 5.99. The first-order chi connectivity index (χ1) is 10.7. The van der Waals surface area contributed by atoms with Gasteiger partial charge in [0, 0.05) is 35.4 Å². The van der Waals surface area contributed by atoms with Crippen LogP contribution in [0.1, 0.15) is 10.4 Å². The second kappa shape index (κ2) is 5.85. The molecule has 0 aliphatic heterocycles. The fraction of sp³-hybridized carbons (Fsp3) is 0.111. The number of fused-ring (bicyclic) bond motifs is 1. The number of amides is 1.